The van der Waals surface area contributed by atoms with Crippen LogP contribution >= 0.6 is 11.3 Å². The maximum absolute atomic E-state index is 4.44. The summed E-state index contributed by atoms with van der Waals surface area (Å²) < 4.78 is 2.27. The molecule has 0 atom stereocenters. The number of fused-ring (bicyclic) bond motifs is 1. The lowest BCUT2D eigenvalue weighted by Crippen LogP contribution is -2.43. The monoisotopic (exact) mass is 236 g/mol. The summed E-state index contributed by atoms with van der Waals surface area (Å²) in [6.07, 6.45) is 2.01. The van der Waals surface area contributed by atoms with Crippen LogP contribution < -0.4 is 5.32 Å². The van der Waals surface area contributed by atoms with Gasteiger partial charge in [-0.1, -0.05) is 0 Å². The molecule has 16 heavy (non-hydrogen) atoms. The highest BCUT2D eigenvalue weighted by Gasteiger charge is 2.13. The van der Waals surface area contributed by atoms with Crippen molar-refractivity contribution in [3.63, 3.8) is 0 Å². The molecule has 3 heterocycles. The fourth-order valence-electron chi connectivity index (χ4n) is 2.23. The molecule has 1 fully saturated rings. The van der Waals surface area contributed by atoms with Gasteiger partial charge in [0.1, 0.15) is 0 Å². The van der Waals surface area contributed by atoms with Crippen LogP contribution in [0.2, 0.25) is 0 Å². The van der Waals surface area contributed by atoms with Crippen molar-refractivity contribution in [3.8, 4) is 0 Å². The number of hydrogen-bond acceptors (Lipinski definition) is 4. The van der Waals surface area contributed by atoms with Crippen LogP contribution in [0, 0.1) is 6.92 Å². The van der Waals surface area contributed by atoms with Gasteiger partial charge in [0.05, 0.1) is 11.9 Å². The third kappa shape index (κ3) is 1.75. The van der Waals surface area contributed by atoms with Gasteiger partial charge < -0.3 is 5.32 Å². The average molecular weight is 236 g/mol. The van der Waals surface area contributed by atoms with Gasteiger partial charge >= 0.3 is 0 Å². The van der Waals surface area contributed by atoms with Gasteiger partial charge in [0.15, 0.2) is 4.96 Å². The molecule has 0 aliphatic carbocycles. The van der Waals surface area contributed by atoms with Crippen molar-refractivity contribution in [2.75, 3.05) is 26.2 Å². The predicted molar refractivity (Wildman–Crippen MR) is 66.0 cm³/mol. The number of rotatable bonds is 2. The molecule has 2 aromatic rings. The first kappa shape index (κ1) is 10.3. The SMILES string of the molecule is Cc1csc2ncc(CN3CCNCC3)n12. The molecule has 0 spiro atoms. The number of nitrogens with zero attached hydrogens (tertiary/aromatic N) is 3. The third-order valence-electron chi connectivity index (χ3n) is 3.09. The number of piperazine rings is 1. The normalized spacial score (nSPS) is 18.3. The van der Waals surface area contributed by atoms with Crippen LogP contribution in [0.15, 0.2) is 11.6 Å². The van der Waals surface area contributed by atoms with E-state index in [0.717, 1.165) is 37.7 Å². The highest BCUT2D eigenvalue weighted by Crippen LogP contribution is 2.18. The summed E-state index contributed by atoms with van der Waals surface area (Å²) in [7, 11) is 0. The first-order chi connectivity index (χ1) is 7.84. The van der Waals surface area contributed by atoms with Crippen molar-refractivity contribution in [1.82, 2.24) is 19.6 Å². The lowest BCUT2D eigenvalue weighted by Gasteiger charge is -2.26. The van der Waals surface area contributed by atoms with Crippen LogP contribution in [0.25, 0.3) is 4.96 Å². The van der Waals surface area contributed by atoms with Gasteiger partial charge in [0, 0.05) is 43.8 Å². The lowest BCUT2D eigenvalue weighted by molar-refractivity contribution is 0.230. The fourth-order valence-corrected chi connectivity index (χ4v) is 3.09. The summed E-state index contributed by atoms with van der Waals surface area (Å²) in [5.74, 6) is 0. The Balaban J connectivity index is 1.85. The molecule has 1 N–H and O–H groups in total. The summed E-state index contributed by atoms with van der Waals surface area (Å²) in [4.78, 5) is 8.04. The van der Waals surface area contributed by atoms with Crippen molar-refractivity contribution in [2.24, 2.45) is 0 Å². The second-order valence-corrected chi connectivity index (χ2v) is 5.11. The second-order valence-electron chi connectivity index (χ2n) is 4.27. The standard InChI is InChI=1S/C11H16N4S/c1-9-8-16-11-13-6-10(15(9)11)7-14-4-2-12-3-5-14/h6,8,12H,2-5,7H2,1H3. The molecule has 0 bridgehead atoms. The maximum Gasteiger partial charge on any atom is 0.194 e. The molecule has 0 saturated carbocycles. The van der Waals surface area contributed by atoms with E-state index in [9.17, 15) is 0 Å². The van der Waals surface area contributed by atoms with E-state index in [1.54, 1.807) is 11.3 Å². The third-order valence-corrected chi connectivity index (χ3v) is 4.04. The van der Waals surface area contributed by atoms with Gasteiger partial charge in [-0.3, -0.25) is 9.30 Å². The van der Waals surface area contributed by atoms with Gasteiger partial charge in [0.25, 0.3) is 0 Å². The molecule has 1 aliphatic heterocycles. The molecule has 1 aliphatic rings. The average Bonchev–Trinajstić information content (AvgIpc) is 2.86. The fraction of sp³-hybridized carbons (Fsp3) is 0.545. The Labute approximate surface area is 98.9 Å². The Morgan fingerprint density at radius 2 is 2.25 bits per heavy atom. The molecule has 1 saturated heterocycles. The zero-order valence-corrected chi connectivity index (χ0v) is 10.3. The van der Waals surface area contributed by atoms with Crippen molar-refractivity contribution in [3.05, 3.63) is 23.0 Å². The van der Waals surface area contributed by atoms with Crippen molar-refractivity contribution in [1.29, 1.82) is 0 Å². The number of nitrogens with one attached hydrogen (secondary N) is 1. The molecule has 86 valence electrons. The van der Waals surface area contributed by atoms with Crippen molar-refractivity contribution in [2.45, 2.75) is 13.5 Å². The van der Waals surface area contributed by atoms with Crippen molar-refractivity contribution < 1.29 is 0 Å². The number of aromatic nitrogens is 2. The molecular weight excluding hydrogens is 220 g/mol. The van der Waals surface area contributed by atoms with E-state index >= 15 is 0 Å². The Bertz CT molecular complexity index is 481. The summed E-state index contributed by atoms with van der Waals surface area (Å²) in [6.45, 7) is 7.63. The molecule has 0 unspecified atom stereocenters. The summed E-state index contributed by atoms with van der Waals surface area (Å²) in [5, 5.41) is 5.55. The van der Waals surface area contributed by atoms with Crippen LogP contribution in [-0.4, -0.2) is 40.5 Å². The minimum Gasteiger partial charge on any atom is -0.314 e. The topological polar surface area (TPSA) is 32.6 Å². The lowest BCUT2D eigenvalue weighted by atomic mass is 10.3. The smallest absolute Gasteiger partial charge is 0.194 e. The van der Waals surface area contributed by atoms with E-state index in [1.165, 1.54) is 11.4 Å². The highest BCUT2D eigenvalue weighted by atomic mass is 32.1. The van der Waals surface area contributed by atoms with Crippen LogP contribution in [0.3, 0.4) is 0 Å². The van der Waals surface area contributed by atoms with E-state index < -0.39 is 0 Å². The molecule has 0 radical (unpaired) electrons. The summed E-state index contributed by atoms with van der Waals surface area (Å²) >= 11 is 1.72. The predicted octanol–water partition coefficient (Wildman–Crippen LogP) is 1.11. The van der Waals surface area contributed by atoms with E-state index in [-0.39, 0.29) is 0 Å². The quantitative estimate of drug-likeness (QED) is 0.848. The summed E-state index contributed by atoms with van der Waals surface area (Å²) in [6, 6.07) is 0. The minimum absolute atomic E-state index is 1.01. The van der Waals surface area contributed by atoms with Gasteiger partial charge in [-0.05, 0) is 6.92 Å². The number of aryl methyl sites for hydroxylation is 1. The first-order valence-electron chi connectivity index (χ1n) is 5.68. The molecule has 0 amide bonds. The second kappa shape index (κ2) is 4.16. The molecule has 3 rings (SSSR count). The number of thiazole rings is 1. The molecule has 0 aromatic carbocycles. The van der Waals surface area contributed by atoms with E-state index in [0.29, 0.717) is 0 Å². The van der Waals surface area contributed by atoms with Crippen LogP contribution in [0.1, 0.15) is 11.4 Å². The van der Waals surface area contributed by atoms with Crippen molar-refractivity contribution >= 4 is 16.3 Å². The van der Waals surface area contributed by atoms with E-state index in [4.69, 9.17) is 0 Å². The molecule has 2 aromatic heterocycles. The van der Waals surface area contributed by atoms with E-state index in [2.05, 4.69) is 31.9 Å². The van der Waals surface area contributed by atoms with Gasteiger partial charge in [-0.2, -0.15) is 0 Å². The van der Waals surface area contributed by atoms with E-state index in [1.807, 2.05) is 6.20 Å². The molecule has 5 heteroatoms. The zero-order valence-electron chi connectivity index (χ0n) is 9.44. The Morgan fingerprint density at radius 1 is 1.44 bits per heavy atom. The number of hydrogen-bond donors (Lipinski definition) is 1. The Kier molecular flexibility index (Phi) is 2.67. The number of imidazole rings is 1. The molecule has 4 nitrogen and oxygen atoms in total. The highest BCUT2D eigenvalue weighted by molar-refractivity contribution is 7.15. The van der Waals surface area contributed by atoms with Gasteiger partial charge in [0.2, 0.25) is 0 Å². The minimum atomic E-state index is 1.01. The van der Waals surface area contributed by atoms with Gasteiger partial charge in [-0.15, -0.1) is 11.3 Å². The van der Waals surface area contributed by atoms with Crippen LogP contribution in [0.5, 0.6) is 0 Å². The molecular formula is C11H16N4S. The maximum atomic E-state index is 4.44. The zero-order chi connectivity index (χ0) is 11.0. The summed E-state index contributed by atoms with van der Waals surface area (Å²) in [5.41, 5.74) is 2.61. The Hall–Kier alpha value is -0.910. The van der Waals surface area contributed by atoms with Crippen LogP contribution in [-0.2, 0) is 6.54 Å². The van der Waals surface area contributed by atoms with Crippen LogP contribution in [0.4, 0.5) is 0 Å². The largest absolute Gasteiger partial charge is 0.314 e. The first-order valence-corrected chi connectivity index (χ1v) is 6.56. The Morgan fingerprint density at radius 3 is 3.06 bits per heavy atom. The van der Waals surface area contributed by atoms with Gasteiger partial charge in [-0.25, -0.2) is 4.98 Å².